The van der Waals surface area contributed by atoms with Crippen LogP contribution < -0.4 is 11.1 Å². The van der Waals surface area contributed by atoms with Crippen LogP contribution in [0.15, 0.2) is 0 Å². The first-order valence-electron chi connectivity index (χ1n) is 7.00. The SMILES string of the molecule is CCS(=O)C1CCCC(NC(=O)[C@@H](N)CCSC)C1. The second-order valence-electron chi connectivity index (χ2n) is 5.05. The Balaban J connectivity index is 2.39. The van der Waals surface area contributed by atoms with Crippen LogP contribution in [-0.4, -0.2) is 45.2 Å². The largest absolute Gasteiger partial charge is 0.352 e. The summed E-state index contributed by atoms with van der Waals surface area (Å²) in [6.07, 6.45) is 6.60. The Morgan fingerprint density at radius 3 is 2.89 bits per heavy atom. The number of nitrogens with one attached hydrogen (secondary N) is 1. The molecule has 1 fully saturated rings. The minimum atomic E-state index is -0.750. The van der Waals surface area contributed by atoms with E-state index >= 15 is 0 Å². The predicted molar refractivity (Wildman–Crippen MR) is 83.8 cm³/mol. The summed E-state index contributed by atoms with van der Waals surface area (Å²) in [4.78, 5) is 11.9. The standard InChI is InChI=1S/C13H26N2O2S2/c1-3-19(17)11-6-4-5-10(9-11)15-13(16)12(14)7-8-18-2/h10-12H,3-9,14H2,1-2H3,(H,15,16)/t10?,11?,12-,19?/m0/s1. The van der Waals surface area contributed by atoms with Crippen molar-refractivity contribution in [3.63, 3.8) is 0 Å². The second kappa shape index (κ2) is 8.97. The summed E-state index contributed by atoms with van der Waals surface area (Å²) in [6.45, 7) is 1.95. The quantitative estimate of drug-likeness (QED) is 0.743. The maximum atomic E-state index is 11.9. The normalized spacial score (nSPS) is 26.7. The van der Waals surface area contributed by atoms with Crippen LogP contribution in [0.5, 0.6) is 0 Å². The summed E-state index contributed by atoms with van der Waals surface area (Å²) >= 11 is 1.70. The van der Waals surface area contributed by atoms with Crippen LogP contribution in [-0.2, 0) is 15.6 Å². The van der Waals surface area contributed by atoms with Crippen molar-refractivity contribution in [2.75, 3.05) is 17.8 Å². The van der Waals surface area contributed by atoms with E-state index in [1.807, 2.05) is 13.2 Å². The van der Waals surface area contributed by atoms with Crippen LogP contribution in [0, 0.1) is 0 Å². The average molecular weight is 306 g/mol. The lowest BCUT2D eigenvalue weighted by atomic mass is 9.94. The van der Waals surface area contributed by atoms with Crippen molar-refractivity contribution < 1.29 is 9.00 Å². The molecule has 19 heavy (non-hydrogen) atoms. The van der Waals surface area contributed by atoms with Crippen molar-refractivity contribution in [1.29, 1.82) is 0 Å². The Hall–Kier alpha value is -0.0700. The fraction of sp³-hybridized carbons (Fsp3) is 0.923. The van der Waals surface area contributed by atoms with Gasteiger partial charge >= 0.3 is 0 Å². The highest BCUT2D eigenvalue weighted by atomic mass is 32.2. The van der Waals surface area contributed by atoms with Gasteiger partial charge in [-0.05, 0) is 37.7 Å². The van der Waals surface area contributed by atoms with Crippen LogP contribution in [0.1, 0.15) is 39.0 Å². The maximum absolute atomic E-state index is 11.9. The van der Waals surface area contributed by atoms with E-state index in [4.69, 9.17) is 5.73 Å². The Bertz CT molecular complexity index is 313. The maximum Gasteiger partial charge on any atom is 0.237 e. The lowest BCUT2D eigenvalue weighted by Gasteiger charge is -2.29. The van der Waals surface area contributed by atoms with E-state index in [0.29, 0.717) is 12.2 Å². The number of thioether (sulfide) groups is 1. The minimum absolute atomic E-state index is 0.0537. The zero-order valence-corrected chi connectivity index (χ0v) is 13.5. The molecule has 0 saturated heterocycles. The highest BCUT2D eigenvalue weighted by molar-refractivity contribution is 7.98. The zero-order valence-electron chi connectivity index (χ0n) is 11.9. The Morgan fingerprint density at radius 1 is 1.53 bits per heavy atom. The van der Waals surface area contributed by atoms with Crippen LogP contribution in [0.3, 0.4) is 0 Å². The van der Waals surface area contributed by atoms with Crippen molar-refractivity contribution >= 4 is 28.5 Å². The number of rotatable bonds is 7. The van der Waals surface area contributed by atoms with E-state index in [9.17, 15) is 9.00 Å². The fourth-order valence-electron chi connectivity index (χ4n) is 2.43. The van der Waals surface area contributed by atoms with E-state index in [2.05, 4.69) is 5.32 Å². The lowest BCUT2D eigenvalue weighted by Crippen LogP contribution is -2.48. The average Bonchev–Trinajstić information content (AvgIpc) is 2.44. The topological polar surface area (TPSA) is 72.2 Å². The monoisotopic (exact) mass is 306 g/mol. The molecule has 0 aromatic heterocycles. The van der Waals surface area contributed by atoms with E-state index < -0.39 is 16.8 Å². The van der Waals surface area contributed by atoms with Crippen molar-refractivity contribution in [3.8, 4) is 0 Å². The summed E-state index contributed by atoms with van der Waals surface area (Å²) in [5.74, 6) is 1.56. The van der Waals surface area contributed by atoms with Crippen molar-refractivity contribution in [3.05, 3.63) is 0 Å². The molecule has 6 heteroatoms. The first-order valence-corrected chi connectivity index (χ1v) is 9.78. The smallest absolute Gasteiger partial charge is 0.237 e. The molecule has 4 nitrogen and oxygen atoms in total. The molecule has 1 amide bonds. The van der Waals surface area contributed by atoms with Crippen LogP contribution in [0.4, 0.5) is 0 Å². The molecule has 1 saturated carbocycles. The minimum Gasteiger partial charge on any atom is -0.352 e. The highest BCUT2D eigenvalue weighted by Crippen LogP contribution is 2.23. The predicted octanol–water partition coefficient (Wildman–Crippen LogP) is 1.26. The van der Waals surface area contributed by atoms with E-state index in [0.717, 1.165) is 31.4 Å². The molecule has 0 spiro atoms. The molecule has 1 aliphatic carbocycles. The molecule has 1 aliphatic rings. The van der Waals surface area contributed by atoms with Gasteiger partial charge in [-0.25, -0.2) is 0 Å². The van der Waals surface area contributed by atoms with Gasteiger partial charge in [0.05, 0.1) is 6.04 Å². The fourth-order valence-corrected chi connectivity index (χ4v) is 4.27. The van der Waals surface area contributed by atoms with Crippen molar-refractivity contribution in [2.45, 2.75) is 56.4 Å². The first kappa shape index (κ1) is 17.0. The molecule has 3 unspecified atom stereocenters. The number of nitrogens with two attached hydrogens (primary N) is 1. The molecule has 3 N–H and O–H groups in total. The first-order chi connectivity index (χ1) is 9.08. The summed E-state index contributed by atoms with van der Waals surface area (Å²) in [5.41, 5.74) is 5.86. The summed E-state index contributed by atoms with van der Waals surface area (Å²) < 4.78 is 11.8. The third kappa shape index (κ3) is 5.83. The Morgan fingerprint density at radius 2 is 2.26 bits per heavy atom. The molecule has 1 rings (SSSR count). The van der Waals surface area contributed by atoms with Gasteiger partial charge in [0.25, 0.3) is 0 Å². The van der Waals surface area contributed by atoms with Crippen LogP contribution in [0.2, 0.25) is 0 Å². The molecule has 4 atom stereocenters. The molecule has 0 aliphatic heterocycles. The van der Waals surface area contributed by atoms with Gasteiger partial charge in [-0.2, -0.15) is 11.8 Å². The molecular formula is C13H26N2O2S2. The second-order valence-corrected chi connectivity index (χ2v) is 8.04. The number of carbonyl (C=O) groups excluding carboxylic acids is 1. The van der Waals surface area contributed by atoms with Crippen LogP contribution in [0.25, 0.3) is 0 Å². The van der Waals surface area contributed by atoms with Gasteiger partial charge in [0.1, 0.15) is 0 Å². The highest BCUT2D eigenvalue weighted by Gasteiger charge is 2.27. The van der Waals surface area contributed by atoms with Crippen molar-refractivity contribution in [2.24, 2.45) is 5.73 Å². The van der Waals surface area contributed by atoms with Crippen LogP contribution >= 0.6 is 11.8 Å². The number of carbonyl (C=O) groups is 1. The van der Waals surface area contributed by atoms with E-state index in [1.54, 1.807) is 11.8 Å². The molecule has 0 radical (unpaired) electrons. The zero-order chi connectivity index (χ0) is 14.3. The van der Waals surface area contributed by atoms with E-state index in [-0.39, 0.29) is 17.2 Å². The van der Waals surface area contributed by atoms with Gasteiger partial charge in [0, 0.05) is 27.8 Å². The molecule has 112 valence electrons. The van der Waals surface area contributed by atoms with Gasteiger partial charge in [-0.1, -0.05) is 13.3 Å². The summed E-state index contributed by atoms with van der Waals surface area (Å²) in [5, 5.41) is 3.27. The Labute approximate surface area is 123 Å². The summed E-state index contributed by atoms with van der Waals surface area (Å²) in [7, 11) is -0.750. The van der Waals surface area contributed by atoms with Gasteiger partial charge in [-0.15, -0.1) is 0 Å². The van der Waals surface area contributed by atoms with Gasteiger partial charge in [0.2, 0.25) is 5.91 Å². The third-order valence-electron chi connectivity index (χ3n) is 3.60. The van der Waals surface area contributed by atoms with Gasteiger partial charge in [-0.3, -0.25) is 9.00 Å². The molecule has 0 bridgehead atoms. The number of hydrogen-bond donors (Lipinski definition) is 2. The lowest BCUT2D eigenvalue weighted by molar-refractivity contribution is -0.123. The third-order valence-corrected chi connectivity index (χ3v) is 5.98. The van der Waals surface area contributed by atoms with E-state index in [1.165, 1.54) is 0 Å². The molecular weight excluding hydrogens is 280 g/mol. The number of amides is 1. The summed E-state index contributed by atoms with van der Waals surface area (Å²) in [6, 6.07) is -0.258. The molecule has 0 aromatic carbocycles. The molecule has 0 heterocycles. The Kier molecular flexibility index (Phi) is 8.02. The van der Waals surface area contributed by atoms with Gasteiger partial charge in [0.15, 0.2) is 0 Å². The van der Waals surface area contributed by atoms with Crippen molar-refractivity contribution in [1.82, 2.24) is 5.32 Å². The van der Waals surface area contributed by atoms with Gasteiger partial charge < -0.3 is 11.1 Å². The molecule has 0 aromatic rings. The number of hydrogen-bond acceptors (Lipinski definition) is 4.